The van der Waals surface area contributed by atoms with Crippen LogP contribution < -0.4 is 31.9 Å². The van der Waals surface area contributed by atoms with Gasteiger partial charge in [-0.15, -0.1) is 0 Å². The second-order valence-electron chi connectivity index (χ2n) is 7.85. The van der Waals surface area contributed by atoms with Gasteiger partial charge in [-0.05, 0) is 58.0 Å². The van der Waals surface area contributed by atoms with Gasteiger partial charge in [-0.3, -0.25) is 16.0 Å². The summed E-state index contributed by atoms with van der Waals surface area (Å²) in [5.74, 6) is 0.585. The van der Waals surface area contributed by atoms with E-state index in [0.717, 1.165) is 32.5 Å². The van der Waals surface area contributed by atoms with E-state index in [4.69, 9.17) is 4.74 Å². The largest absolute Gasteiger partial charge is 0.381 e. The van der Waals surface area contributed by atoms with E-state index in [2.05, 4.69) is 31.9 Å². The highest BCUT2D eigenvalue weighted by Crippen LogP contribution is 2.27. The fourth-order valence-electron chi connectivity index (χ4n) is 4.57. The quantitative estimate of drug-likeness (QED) is 0.351. The fourth-order valence-corrected chi connectivity index (χ4v) is 4.57. The number of methoxy groups -OCH3 is 1. The molecule has 5 unspecified atom stereocenters. The summed E-state index contributed by atoms with van der Waals surface area (Å²) in [6.07, 6.45) is 8.23. The summed E-state index contributed by atoms with van der Waals surface area (Å²) in [7, 11) is 3.89. The molecule has 1 saturated carbocycles. The normalized spacial score (nSPS) is 39.6. The molecular formula is C18H38N6O. The predicted octanol–water partition coefficient (Wildman–Crippen LogP) is -0.487. The standard InChI is InChI=1S/C18H38N6O/c1-19-17-7-9-22-18(24-17)23-14-5-6-16(25-2)13(10-14)11-20-12-15-4-3-8-21-15/h13-24H,3-12H2,1-2H3/t13?,14?,15-,16?,17?,18?/m1/s1. The lowest BCUT2D eigenvalue weighted by molar-refractivity contribution is 0.0114. The number of nitrogens with one attached hydrogen (secondary N) is 6. The van der Waals surface area contributed by atoms with Crippen LogP contribution in [-0.4, -0.2) is 71.0 Å². The fraction of sp³-hybridized carbons (Fsp3) is 1.00. The molecule has 2 heterocycles. The zero-order chi connectivity index (χ0) is 17.5. The van der Waals surface area contributed by atoms with Gasteiger partial charge in [-0.1, -0.05) is 0 Å². The van der Waals surface area contributed by atoms with Gasteiger partial charge in [0.25, 0.3) is 0 Å². The molecular weight excluding hydrogens is 316 g/mol. The molecule has 0 amide bonds. The highest BCUT2D eigenvalue weighted by atomic mass is 16.5. The SMILES string of the molecule is CNC1CCNC(NC2CCC(OC)C(CNC[C@H]3CCCN3)C2)N1. The molecule has 7 heteroatoms. The van der Waals surface area contributed by atoms with Crippen molar-refractivity contribution in [2.24, 2.45) is 5.92 Å². The maximum atomic E-state index is 5.77. The number of hydrogen-bond donors (Lipinski definition) is 6. The van der Waals surface area contributed by atoms with Crippen molar-refractivity contribution in [2.45, 2.75) is 69.2 Å². The Morgan fingerprint density at radius 3 is 2.72 bits per heavy atom. The van der Waals surface area contributed by atoms with Crippen molar-refractivity contribution >= 4 is 0 Å². The van der Waals surface area contributed by atoms with Crippen molar-refractivity contribution in [3.05, 3.63) is 0 Å². The van der Waals surface area contributed by atoms with Crippen molar-refractivity contribution in [1.82, 2.24) is 31.9 Å². The van der Waals surface area contributed by atoms with E-state index in [-0.39, 0.29) is 6.29 Å². The lowest BCUT2D eigenvalue weighted by atomic mass is 9.83. The molecule has 6 atom stereocenters. The van der Waals surface area contributed by atoms with E-state index in [9.17, 15) is 0 Å². The Morgan fingerprint density at radius 1 is 1.04 bits per heavy atom. The summed E-state index contributed by atoms with van der Waals surface area (Å²) in [5.41, 5.74) is 0. The van der Waals surface area contributed by atoms with Gasteiger partial charge in [0.1, 0.15) is 6.29 Å². The molecule has 0 spiro atoms. The van der Waals surface area contributed by atoms with Crippen LogP contribution in [0.25, 0.3) is 0 Å². The summed E-state index contributed by atoms with van der Waals surface area (Å²) in [6.45, 7) is 4.36. The van der Waals surface area contributed by atoms with Crippen LogP contribution in [0.5, 0.6) is 0 Å². The average molecular weight is 355 g/mol. The van der Waals surface area contributed by atoms with Crippen LogP contribution in [0.3, 0.4) is 0 Å². The molecule has 0 aromatic rings. The second-order valence-corrected chi connectivity index (χ2v) is 7.85. The van der Waals surface area contributed by atoms with Crippen molar-refractivity contribution < 1.29 is 4.74 Å². The van der Waals surface area contributed by atoms with Gasteiger partial charge in [0.15, 0.2) is 0 Å². The molecule has 2 saturated heterocycles. The Hall–Kier alpha value is -0.280. The second kappa shape index (κ2) is 10.2. The van der Waals surface area contributed by atoms with Crippen molar-refractivity contribution in [3.63, 3.8) is 0 Å². The van der Waals surface area contributed by atoms with Gasteiger partial charge in [0.2, 0.25) is 0 Å². The molecule has 3 rings (SSSR count). The maximum absolute atomic E-state index is 5.77. The van der Waals surface area contributed by atoms with Gasteiger partial charge in [-0.25, -0.2) is 0 Å². The third-order valence-electron chi connectivity index (χ3n) is 6.08. The van der Waals surface area contributed by atoms with Crippen LogP contribution in [-0.2, 0) is 4.74 Å². The highest BCUT2D eigenvalue weighted by Gasteiger charge is 2.32. The maximum Gasteiger partial charge on any atom is 0.113 e. The van der Waals surface area contributed by atoms with Gasteiger partial charge >= 0.3 is 0 Å². The Bertz CT molecular complexity index is 379. The topological polar surface area (TPSA) is 81.4 Å². The van der Waals surface area contributed by atoms with Gasteiger partial charge in [0, 0.05) is 38.8 Å². The molecule has 146 valence electrons. The summed E-state index contributed by atoms with van der Waals surface area (Å²) >= 11 is 0. The molecule has 0 radical (unpaired) electrons. The molecule has 6 N–H and O–H groups in total. The molecule has 3 fully saturated rings. The first-order chi connectivity index (χ1) is 12.3. The Kier molecular flexibility index (Phi) is 7.91. The Balaban J connectivity index is 1.42. The predicted molar refractivity (Wildman–Crippen MR) is 101 cm³/mol. The van der Waals surface area contributed by atoms with Crippen LogP contribution in [0.15, 0.2) is 0 Å². The zero-order valence-electron chi connectivity index (χ0n) is 15.9. The molecule has 25 heavy (non-hydrogen) atoms. The van der Waals surface area contributed by atoms with Crippen LogP contribution in [0.4, 0.5) is 0 Å². The minimum Gasteiger partial charge on any atom is -0.381 e. The molecule has 2 aliphatic heterocycles. The third kappa shape index (κ3) is 5.85. The van der Waals surface area contributed by atoms with Crippen molar-refractivity contribution in [1.29, 1.82) is 0 Å². The van der Waals surface area contributed by atoms with E-state index in [1.165, 1.54) is 32.2 Å². The molecule has 3 aliphatic rings. The van der Waals surface area contributed by atoms with Crippen molar-refractivity contribution in [3.8, 4) is 0 Å². The molecule has 0 aromatic heterocycles. The number of rotatable bonds is 8. The minimum atomic E-state index is 0.201. The minimum absolute atomic E-state index is 0.201. The van der Waals surface area contributed by atoms with Crippen molar-refractivity contribution in [2.75, 3.05) is 40.3 Å². The van der Waals surface area contributed by atoms with E-state index in [1.54, 1.807) is 0 Å². The first kappa shape index (κ1) is 19.5. The van der Waals surface area contributed by atoms with E-state index in [0.29, 0.717) is 30.3 Å². The van der Waals surface area contributed by atoms with Gasteiger partial charge < -0.3 is 20.7 Å². The summed E-state index contributed by atoms with van der Waals surface area (Å²) in [5, 5.41) is 21.5. The van der Waals surface area contributed by atoms with Crippen LogP contribution >= 0.6 is 0 Å². The first-order valence-corrected chi connectivity index (χ1v) is 10.2. The highest BCUT2D eigenvalue weighted by molar-refractivity contribution is 4.88. The molecule has 0 bridgehead atoms. The van der Waals surface area contributed by atoms with E-state index >= 15 is 0 Å². The van der Waals surface area contributed by atoms with Gasteiger partial charge in [-0.2, -0.15) is 0 Å². The monoisotopic (exact) mass is 354 g/mol. The zero-order valence-corrected chi connectivity index (χ0v) is 15.9. The van der Waals surface area contributed by atoms with E-state index in [1.807, 2.05) is 14.2 Å². The van der Waals surface area contributed by atoms with Crippen LogP contribution in [0.1, 0.15) is 38.5 Å². The molecule has 0 aromatic carbocycles. The summed E-state index contributed by atoms with van der Waals surface area (Å²) < 4.78 is 5.77. The molecule has 1 aliphatic carbocycles. The van der Waals surface area contributed by atoms with E-state index < -0.39 is 0 Å². The Labute approximate surface area is 152 Å². The summed E-state index contributed by atoms with van der Waals surface area (Å²) in [6, 6.07) is 1.20. The first-order valence-electron chi connectivity index (χ1n) is 10.2. The average Bonchev–Trinajstić information content (AvgIpc) is 3.16. The van der Waals surface area contributed by atoms with Gasteiger partial charge in [0.05, 0.1) is 12.3 Å². The third-order valence-corrected chi connectivity index (χ3v) is 6.08. The Morgan fingerprint density at radius 2 is 1.96 bits per heavy atom. The number of ether oxygens (including phenoxy) is 1. The number of hydrogen-bond acceptors (Lipinski definition) is 7. The molecule has 7 nitrogen and oxygen atoms in total. The van der Waals surface area contributed by atoms with Crippen LogP contribution in [0, 0.1) is 5.92 Å². The lowest BCUT2D eigenvalue weighted by Gasteiger charge is -2.40. The smallest absolute Gasteiger partial charge is 0.113 e. The van der Waals surface area contributed by atoms with Crippen LogP contribution in [0.2, 0.25) is 0 Å². The lowest BCUT2D eigenvalue weighted by Crippen LogP contribution is -2.65. The summed E-state index contributed by atoms with van der Waals surface area (Å²) in [4.78, 5) is 0.